The molecule has 2 amide bonds. The summed E-state index contributed by atoms with van der Waals surface area (Å²) < 4.78 is 11.1. The van der Waals surface area contributed by atoms with Crippen LogP contribution >= 0.6 is 22.7 Å². The van der Waals surface area contributed by atoms with Crippen LogP contribution in [0.5, 0.6) is 11.5 Å². The highest BCUT2D eigenvalue weighted by atomic mass is 32.1. The number of fused-ring (bicyclic) bond motifs is 1. The van der Waals surface area contributed by atoms with Gasteiger partial charge < -0.3 is 14.8 Å². The number of nitrogens with one attached hydrogen (secondary N) is 1. The Kier molecular flexibility index (Phi) is 7.38. The standard InChI is InChI=1S/C27H28N2O5S2/c1-17(30)20-14-22-23(34-16-33-22)15-21(20)29(25(31)13-19-9-5-11-35-19)26(24-10-6-12-36-24)27(32)28-18-7-3-2-4-8-18/h5-6,9-12,14-15,18,26H,2-4,7-8,13,16H2,1H3,(H,28,32)/t26-/m0/s1. The van der Waals surface area contributed by atoms with E-state index in [0.29, 0.717) is 22.7 Å². The lowest BCUT2D eigenvalue weighted by Crippen LogP contribution is -2.47. The molecule has 7 nitrogen and oxygen atoms in total. The zero-order valence-corrected chi connectivity index (χ0v) is 21.7. The van der Waals surface area contributed by atoms with Crippen molar-refractivity contribution in [3.05, 3.63) is 62.5 Å². The van der Waals surface area contributed by atoms with Gasteiger partial charge in [0.2, 0.25) is 18.6 Å². The van der Waals surface area contributed by atoms with Gasteiger partial charge in [-0.15, -0.1) is 22.7 Å². The Morgan fingerprint density at radius 3 is 2.42 bits per heavy atom. The average Bonchev–Trinajstić information content (AvgIpc) is 3.65. The van der Waals surface area contributed by atoms with Gasteiger partial charge in [0.25, 0.3) is 0 Å². The number of rotatable bonds is 8. The number of carbonyl (C=O) groups excluding carboxylic acids is 3. The lowest BCUT2D eigenvalue weighted by Gasteiger charge is -2.33. The highest BCUT2D eigenvalue weighted by Crippen LogP contribution is 2.42. The van der Waals surface area contributed by atoms with Crippen molar-refractivity contribution >= 4 is 46.0 Å². The molecule has 2 aromatic heterocycles. The second kappa shape index (κ2) is 10.8. The lowest BCUT2D eigenvalue weighted by molar-refractivity contribution is -0.127. The summed E-state index contributed by atoms with van der Waals surface area (Å²) in [5.74, 6) is 0.164. The van der Waals surface area contributed by atoms with Gasteiger partial charge in [0, 0.05) is 27.4 Å². The van der Waals surface area contributed by atoms with E-state index in [-0.39, 0.29) is 36.9 Å². The van der Waals surface area contributed by atoms with E-state index < -0.39 is 6.04 Å². The van der Waals surface area contributed by atoms with E-state index in [4.69, 9.17) is 9.47 Å². The summed E-state index contributed by atoms with van der Waals surface area (Å²) in [5.41, 5.74) is 0.663. The third-order valence-electron chi connectivity index (χ3n) is 6.57. The quantitative estimate of drug-likeness (QED) is 0.393. The smallest absolute Gasteiger partial charge is 0.248 e. The van der Waals surface area contributed by atoms with Gasteiger partial charge in [-0.3, -0.25) is 19.3 Å². The summed E-state index contributed by atoms with van der Waals surface area (Å²) in [7, 11) is 0. The highest BCUT2D eigenvalue weighted by Gasteiger charge is 2.37. The molecule has 0 spiro atoms. The van der Waals surface area contributed by atoms with Crippen molar-refractivity contribution in [3.8, 4) is 11.5 Å². The topological polar surface area (TPSA) is 84.9 Å². The largest absolute Gasteiger partial charge is 0.454 e. The van der Waals surface area contributed by atoms with Crippen molar-refractivity contribution in [1.82, 2.24) is 5.32 Å². The summed E-state index contributed by atoms with van der Waals surface area (Å²) in [5, 5.41) is 7.02. The summed E-state index contributed by atoms with van der Waals surface area (Å²) >= 11 is 2.90. The molecule has 0 saturated heterocycles. The summed E-state index contributed by atoms with van der Waals surface area (Å²) in [6.45, 7) is 1.49. The Morgan fingerprint density at radius 2 is 1.75 bits per heavy atom. The van der Waals surface area contributed by atoms with Crippen molar-refractivity contribution in [2.75, 3.05) is 11.7 Å². The molecule has 1 atom stereocenters. The summed E-state index contributed by atoms with van der Waals surface area (Å²) in [6, 6.07) is 9.94. The average molecular weight is 525 g/mol. The molecule has 3 heterocycles. The van der Waals surface area contributed by atoms with Gasteiger partial charge in [-0.1, -0.05) is 31.4 Å². The molecule has 0 bridgehead atoms. The van der Waals surface area contributed by atoms with E-state index in [1.165, 1.54) is 40.9 Å². The predicted octanol–water partition coefficient (Wildman–Crippen LogP) is 5.51. The first-order valence-corrected chi connectivity index (χ1v) is 13.9. The number of ketones is 1. The molecule has 188 valence electrons. The van der Waals surface area contributed by atoms with Crippen molar-refractivity contribution in [3.63, 3.8) is 0 Å². The number of Topliss-reactive ketones (excluding diaryl/α,β-unsaturated/α-hetero) is 1. The second-order valence-electron chi connectivity index (χ2n) is 9.06. The number of amides is 2. The fourth-order valence-electron chi connectivity index (χ4n) is 4.82. The third kappa shape index (κ3) is 5.17. The fourth-order valence-corrected chi connectivity index (χ4v) is 6.33. The molecule has 1 N–H and O–H groups in total. The summed E-state index contributed by atoms with van der Waals surface area (Å²) in [6.07, 6.45) is 5.29. The van der Waals surface area contributed by atoms with Crippen molar-refractivity contribution in [1.29, 1.82) is 0 Å². The van der Waals surface area contributed by atoms with E-state index in [9.17, 15) is 14.4 Å². The van der Waals surface area contributed by atoms with E-state index in [0.717, 1.165) is 35.4 Å². The Labute approximate surface area is 218 Å². The minimum atomic E-state index is -0.919. The molecule has 9 heteroatoms. The number of hydrogen-bond donors (Lipinski definition) is 1. The zero-order valence-electron chi connectivity index (χ0n) is 20.0. The molecular formula is C27H28N2O5S2. The zero-order chi connectivity index (χ0) is 25.1. The van der Waals surface area contributed by atoms with Gasteiger partial charge in [-0.05, 0) is 48.7 Å². The number of ether oxygens (including phenoxy) is 2. The van der Waals surface area contributed by atoms with Crippen LogP contribution in [0.25, 0.3) is 0 Å². The molecular weight excluding hydrogens is 496 g/mol. The van der Waals surface area contributed by atoms with Crippen LogP contribution in [0.2, 0.25) is 0 Å². The van der Waals surface area contributed by atoms with Crippen LogP contribution in [0.4, 0.5) is 5.69 Å². The van der Waals surface area contributed by atoms with E-state index in [1.54, 1.807) is 12.1 Å². The maximum absolute atomic E-state index is 14.0. The Hall–Kier alpha value is -3.17. The van der Waals surface area contributed by atoms with Crippen LogP contribution in [-0.2, 0) is 16.0 Å². The van der Waals surface area contributed by atoms with Crippen LogP contribution < -0.4 is 19.7 Å². The first kappa shape index (κ1) is 24.5. The van der Waals surface area contributed by atoms with Crippen molar-refractivity contribution in [2.24, 2.45) is 0 Å². The van der Waals surface area contributed by atoms with Crippen molar-refractivity contribution in [2.45, 2.75) is 57.5 Å². The first-order chi connectivity index (χ1) is 17.5. The van der Waals surface area contributed by atoms with Crippen LogP contribution in [0.15, 0.2) is 47.2 Å². The van der Waals surface area contributed by atoms with Crippen molar-refractivity contribution < 1.29 is 23.9 Å². The van der Waals surface area contributed by atoms with Crippen LogP contribution in [-0.4, -0.2) is 30.4 Å². The maximum Gasteiger partial charge on any atom is 0.248 e. The fraction of sp³-hybridized carbons (Fsp3) is 0.370. The molecule has 5 rings (SSSR count). The molecule has 2 aliphatic rings. The molecule has 1 aromatic carbocycles. The predicted molar refractivity (Wildman–Crippen MR) is 140 cm³/mol. The minimum absolute atomic E-state index is 0.0375. The van der Waals surface area contributed by atoms with Gasteiger partial charge >= 0.3 is 0 Å². The van der Waals surface area contributed by atoms with Crippen LogP contribution in [0, 0.1) is 0 Å². The van der Waals surface area contributed by atoms with E-state index in [2.05, 4.69) is 5.32 Å². The Morgan fingerprint density at radius 1 is 1.03 bits per heavy atom. The van der Waals surface area contributed by atoms with Crippen LogP contribution in [0.1, 0.15) is 65.2 Å². The molecule has 1 aliphatic heterocycles. The van der Waals surface area contributed by atoms with Gasteiger partial charge in [0.15, 0.2) is 17.3 Å². The highest BCUT2D eigenvalue weighted by molar-refractivity contribution is 7.10. The Bertz CT molecular complexity index is 1230. The normalized spacial score (nSPS) is 15.9. The van der Waals surface area contributed by atoms with E-state index in [1.807, 2.05) is 35.0 Å². The molecule has 36 heavy (non-hydrogen) atoms. The molecule has 3 aromatic rings. The van der Waals surface area contributed by atoms with Gasteiger partial charge in [0.05, 0.1) is 12.1 Å². The molecule has 1 aliphatic carbocycles. The molecule has 0 radical (unpaired) electrons. The minimum Gasteiger partial charge on any atom is -0.454 e. The molecule has 0 unspecified atom stereocenters. The second-order valence-corrected chi connectivity index (χ2v) is 11.1. The number of nitrogens with zero attached hydrogens (tertiary/aromatic N) is 1. The van der Waals surface area contributed by atoms with E-state index >= 15 is 0 Å². The number of hydrogen-bond acceptors (Lipinski definition) is 7. The molecule has 1 saturated carbocycles. The van der Waals surface area contributed by atoms with Gasteiger partial charge in [0.1, 0.15) is 6.04 Å². The number of thiophene rings is 2. The summed E-state index contributed by atoms with van der Waals surface area (Å²) in [4.78, 5) is 43.8. The maximum atomic E-state index is 14.0. The Balaban J connectivity index is 1.61. The van der Waals surface area contributed by atoms with Crippen LogP contribution in [0.3, 0.4) is 0 Å². The first-order valence-electron chi connectivity index (χ1n) is 12.1. The SMILES string of the molecule is CC(=O)c1cc2c(cc1N(C(=O)Cc1cccs1)[C@H](C(=O)NC1CCCCC1)c1cccs1)OCO2. The van der Waals surface area contributed by atoms with Gasteiger partial charge in [-0.2, -0.15) is 0 Å². The number of anilines is 1. The molecule has 1 fully saturated rings. The third-order valence-corrected chi connectivity index (χ3v) is 8.38. The lowest BCUT2D eigenvalue weighted by atomic mass is 9.95. The van der Waals surface area contributed by atoms with Gasteiger partial charge in [-0.25, -0.2) is 0 Å². The monoisotopic (exact) mass is 524 g/mol. The number of carbonyl (C=O) groups is 3. The number of benzene rings is 1.